The summed E-state index contributed by atoms with van der Waals surface area (Å²) in [5.41, 5.74) is -2.10. The molecule has 0 unspecified atom stereocenters. The van der Waals surface area contributed by atoms with Crippen LogP contribution in [0.4, 0.5) is 5.69 Å². The second-order valence-electron chi connectivity index (χ2n) is 5.29. The van der Waals surface area contributed by atoms with Crippen molar-refractivity contribution in [3.8, 4) is 5.75 Å². The third-order valence-corrected chi connectivity index (χ3v) is 3.64. The molecule has 0 aliphatic carbocycles. The zero-order valence-corrected chi connectivity index (χ0v) is 16.9. The van der Waals surface area contributed by atoms with Gasteiger partial charge in [0, 0.05) is 5.69 Å². The molecule has 0 spiro atoms. The summed E-state index contributed by atoms with van der Waals surface area (Å²) >= 11 is 0. The van der Waals surface area contributed by atoms with Crippen LogP contribution in [0.5, 0.6) is 5.75 Å². The maximum atomic E-state index is 12.5. The molecule has 11 heteroatoms. The van der Waals surface area contributed by atoms with Crippen molar-refractivity contribution >= 4 is 29.6 Å². The number of rotatable bonds is 8. The molecule has 11 nitrogen and oxygen atoms in total. The van der Waals surface area contributed by atoms with Gasteiger partial charge in [-0.2, -0.15) is 0 Å². The van der Waals surface area contributed by atoms with Crippen molar-refractivity contribution in [3.05, 3.63) is 46.9 Å². The van der Waals surface area contributed by atoms with Crippen LogP contribution < -0.4 is 10.1 Å². The Morgan fingerprint density at radius 2 is 1.17 bits per heavy atom. The van der Waals surface area contributed by atoms with Crippen molar-refractivity contribution in [1.82, 2.24) is 0 Å². The number of aliphatic hydroxyl groups excluding tert-OH is 1. The maximum Gasteiger partial charge on any atom is 0.374 e. The van der Waals surface area contributed by atoms with E-state index in [0.717, 1.165) is 28.4 Å². The Kier molecular flexibility index (Phi) is 8.88. The Morgan fingerprint density at radius 1 is 0.700 bits per heavy atom. The second kappa shape index (κ2) is 11.1. The molecule has 2 N–H and O–H groups in total. The molecule has 162 valence electrons. The van der Waals surface area contributed by atoms with Crippen LogP contribution >= 0.6 is 0 Å². The minimum Gasteiger partial charge on any atom is -0.501 e. The van der Waals surface area contributed by atoms with Crippen molar-refractivity contribution in [1.29, 1.82) is 0 Å². The molecule has 0 amide bonds. The minimum atomic E-state index is -1.36. The van der Waals surface area contributed by atoms with Gasteiger partial charge in [0.25, 0.3) is 0 Å². The molecular formula is C19H21NO10. The highest BCUT2D eigenvalue weighted by Gasteiger charge is 2.35. The number of carbonyl (C=O) groups excluding carboxylic acids is 4. The number of ether oxygens (including phenoxy) is 5. The molecule has 30 heavy (non-hydrogen) atoms. The van der Waals surface area contributed by atoms with Crippen LogP contribution in [0.25, 0.3) is 0 Å². The van der Waals surface area contributed by atoms with E-state index in [-0.39, 0.29) is 5.69 Å². The summed E-state index contributed by atoms with van der Waals surface area (Å²) in [5, 5.41) is 12.8. The highest BCUT2D eigenvalue weighted by atomic mass is 16.5. The van der Waals surface area contributed by atoms with Gasteiger partial charge in [0.1, 0.15) is 22.6 Å². The Bertz CT molecular complexity index is 883. The van der Waals surface area contributed by atoms with Crippen LogP contribution in [0, 0.1) is 0 Å². The lowest BCUT2D eigenvalue weighted by Crippen LogP contribution is -2.26. The summed E-state index contributed by atoms with van der Waals surface area (Å²) in [4.78, 5) is 49.0. The van der Waals surface area contributed by atoms with Crippen molar-refractivity contribution < 1.29 is 48.0 Å². The predicted octanol–water partition coefficient (Wildman–Crippen LogP) is 0.865. The van der Waals surface area contributed by atoms with Gasteiger partial charge in [-0.05, 0) is 24.3 Å². The van der Waals surface area contributed by atoms with Crippen LogP contribution in [-0.4, -0.2) is 64.5 Å². The lowest BCUT2D eigenvalue weighted by molar-refractivity contribution is -0.142. The zero-order chi connectivity index (χ0) is 22.8. The third-order valence-electron chi connectivity index (χ3n) is 3.64. The Hall–Kier alpha value is -4.02. The van der Waals surface area contributed by atoms with Crippen molar-refractivity contribution in [3.63, 3.8) is 0 Å². The summed E-state index contributed by atoms with van der Waals surface area (Å²) < 4.78 is 23.3. The van der Waals surface area contributed by atoms with Gasteiger partial charge in [0.2, 0.25) is 5.76 Å². The number of benzene rings is 1. The molecule has 0 saturated carbocycles. The van der Waals surface area contributed by atoms with Gasteiger partial charge in [0.15, 0.2) is 0 Å². The summed E-state index contributed by atoms with van der Waals surface area (Å²) in [6.07, 6.45) is 0. The largest absolute Gasteiger partial charge is 0.501 e. The topological polar surface area (TPSA) is 147 Å². The Morgan fingerprint density at radius 3 is 1.60 bits per heavy atom. The minimum absolute atomic E-state index is 0.277. The first-order valence-corrected chi connectivity index (χ1v) is 8.17. The molecule has 0 fully saturated rings. The number of hydrogen-bond acceptors (Lipinski definition) is 11. The fourth-order valence-corrected chi connectivity index (χ4v) is 2.19. The number of nitrogens with one attached hydrogen (secondary N) is 1. The molecule has 0 aromatic heterocycles. The van der Waals surface area contributed by atoms with Crippen molar-refractivity contribution in [2.75, 3.05) is 40.9 Å². The van der Waals surface area contributed by atoms with Crippen LogP contribution in [0.1, 0.15) is 0 Å². The number of carbonyl (C=O) groups is 4. The quantitative estimate of drug-likeness (QED) is 0.202. The smallest absolute Gasteiger partial charge is 0.374 e. The van der Waals surface area contributed by atoms with Gasteiger partial charge < -0.3 is 34.1 Å². The molecule has 0 aliphatic rings. The monoisotopic (exact) mass is 423 g/mol. The average Bonchev–Trinajstić information content (AvgIpc) is 2.79. The fraction of sp³-hybridized carbons (Fsp3) is 0.263. The molecule has 0 atom stereocenters. The van der Waals surface area contributed by atoms with Gasteiger partial charge in [-0.25, -0.2) is 19.2 Å². The number of anilines is 1. The van der Waals surface area contributed by atoms with E-state index in [9.17, 15) is 24.3 Å². The molecule has 0 aliphatic heterocycles. The predicted molar refractivity (Wildman–Crippen MR) is 101 cm³/mol. The van der Waals surface area contributed by atoms with Gasteiger partial charge in [-0.15, -0.1) is 0 Å². The van der Waals surface area contributed by atoms with E-state index in [1.807, 2.05) is 0 Å². The Balaban J connectivity index is 3.86. The van der Waals surface area contributed by atoms with E-state index in [1.54, 1.807) is 12.1 Å². The molecule has 1 rings (SSSR count). The van der Waals surface area contributed by atoms with E-state index in [1.165, 1.54) is 19.2 Å². The molecule has 0 radical (unpaired) electrons. The molecular weight excluding hydrogens is 402 g/mol. The summed E-state index contributed by atoms with van der Waals surface area (Å²) in [5.74, 6) is -5.78. The summed E-state index contributed by atoms with van der Waals surface area (Å²) in [7, 11) is 5.33. The van der Waals surface area contributed by atoms with Crippen molar-refractivity contribution in [2.24, 2.45) is 0 Å². The molecule has 1 aromatic rings. The van der Waals surface area contributed by atoms with E-state index in [2.05, 4.69) is 24.3 Å². The maximum absolute atomic E-state index is 12.5. The highest BCUT2D eigenvalue weighted by molar-refractivity contribution is 6.15. The van der Waals surface area contributed by atoms with Gasteiger partial charge in [0.05, 0.1) is 35.5 Å². The van der Waals surface area contributed by atoms with Gasteiger partial charge in [-0.1, -0.05) is 0 Å². The molecule has 0 heterocycles. The Labute approximate surface area is 171 Å². The van der Waals surface area contributed by atoms with E-state index in [4.69, 9.17) is 4.74 Å². The lowest BCUT2D eigenvalue weighted by Gasteiger charge is -2.16. The number of methoxy groups -OCH3 is 5. The molecule has 1 aromatic carbocycles. The first kappa shape index (κ1) is 24.0. The number of aliphatic hydroxyl groups is 1. The SMILES string of the molecule is COC(=O)/C(O)=C(C(=O)OC)\C(C(=O)OC)=C(/Nc1ccc(OC)cc1)C(=O)OC. The van der Waals surface area contributed by atoms with Gasteiger partial charge >= 0.3 is 23.9 Å². The number of esters is 4. The first-order valence-electron chi connectivity index (χ1n) is 8.17. The average molecular weight is 423 g/mol. The fourth-order valence-electron chi connectivity index (χ4n) is 2.19. The zero-order valence-electron chi connectivity index (χ0n) is 16.9. The standard InChI is InChI=1S/C19H21NO10/c1-26-11-8-6-10(7-9-11)20-14(18(24)29-4)12(16(22)27-2)13(17(23)28-3)15(21)19(25)30-5/h6-9,20-21H,1-5H3/b14-12+,15-13-. The molecule has 0 bridgehead atoms. The van der Waals surface area contributed by atoms with E-state index < -0.39 is 46.5 Å². The number of hydrogen-bond donors (Lipinski definition) is 2. The third kappa shape index (κ3) is 5.50. The highest BCUT2D eigenvalue weighted by Crippen LogP contribution is 2.25. The summed E-state index contributed by atoms with van der Waals surface area (Å²) in [6.45, 7) is 0. The first-order chi connectivity index (χ1) is 14.2. The van der Waals surface area contributed by atoms with E-state index in [0.29, 0.717) is 5.75 Å². The van der Waals surface area contributed by atoms with Gasteiger partial charge in [-0.3, -0.25) is 0 Å². The second-order valence-corrected chi connectivity index (χ2v) is 5.29. The van der Waals surface area contributed by atoms with Crippen LogP contribution in [0.3, 0.4) is 0 Å². The van der Waals surface area contributed by atoms with E-state index >= 15 is 0 Å². The lowest BCUT2D eigenvalue weighted by atomic mass is 10.0. The van der Waals surface area contributed by atoms with Crippen molar-refractivity contribution in [2.45, 2.75) is 0 Å². The van der Waals surface area contributed by atoms with Crippen LogP contribution in [0.15, 0.2) is 46.9 Å². The normalized spacial score (nSPS) is 11.9. The summed E-state index contributed by atoms with van der Waals surface area (Å²) in [6, 6.07) is 6.10. The van der Waals surface area contributed by atoms with Crippen LogP contribution in [-0.2, 0) is 38.1 Å². The molecule has 0 saturated heterocycles. The van der Waals surface area contributed by atoms with Crippen LogP contribution in [0.2, 0.25) is 0 Å².